The van der Waals surface area contributed by atoms with Crippen LogP contribution < -0.4 is 0 Å². The van der Waals surface area contributed by atoms with E-state index in [1.54, 1.807) is 12.1 Å². The molecule has 1 saturated carbocycles. The van der Waals surface area contributed by atoms with Crippen LogP contribution in [0.1, 0.15) is 29.5 Å². The molecule has 0 atom stereocenters. The second kappa shape index (κ2) is 3.52. The summed E-state index contributed by atoms with van der Waals surface area (Å²) in [5.41, 5.74) is 2.41. The van der Waals surface area contributed by atoms with Crippen molar-refractivity contribution in [1.29, 1.82) is 10.5 Å². The average molecular weight is 182 g/mol. The van der Waals surface area contributed by atoms with Crippen molar-refractivity contribution in [2.45, 2.75) is 19.3 Å². The van der Waals surface area contributed by atoms with Crippen molar-refractivity contribution in [2.24, 2.45) is 5.92 Å². The van der Waals surface area contributed by atoms with Gasteiger partial charge in [-0.15, -0.1) is 0 Å². The lowest BCUT2D eigenvalue weighted by molar-refractivity contribution is 0.829. The van der Waals surface area contributed by atoms with Crippen LogP contribution in [0.4, 0.5) is 0 Å². The van der Waals surface area contributed by atoms with Crippen LogP contribution in [-0.4, -0.2) is 0 Å². The van der Waals surface area contributed by atoms with E-state index in [1.807, 2.05) is 6.07 Å². The van der Waals surface area contributed by atoms with Gasteiger partial charge in [0.05, 0.1) is 23.3 Å². The molecular formula is C12H10N2. The number of nitriles is 2. The fourth-order valence-corrected chi connectivity index (χ4v) is 1.57. The molecule has 2 heteroatoms. The molecule has 0 amide bonds. The van der Waals surface area contributed by atoms with Crippen molar-refractivity contribution in [1.82, 2.24) is 0 Å². The van der Waals surface area contributed by atoms with Gasteiger partial charge in [0.1, 0.15) is 0 Å². The fraction of sp³-hybridized carbons (Fsp3) is 0.333. The maximum absolute atomic E-state index is 8.88. The van der Waals surface area contributed by atoms with Crippen molar-refractivity contribution in [3.63, 3.8) is 0 Å². The van der Waals surface area contributed by atoms with Gasteiger partial charge in [0.2, 0.25) is 0 Å². The maximum atomic E-state index is 8.88. The lowest BCUT2D eigenvalue weighted by atomic mass is 10.0. The third-order valence-electron chi connectivity index (χ3n) is 2.56. The van der Waals surface area contributed by atoms with Crippen LogP contribution in [0.2, 0.25) is 0 Å². The summed E-state index contributed by atoms with van der Waals surface area (Å²) in [5.74, 6) is 0.746. The number of nitrogens with zero attached hydrogens (tertiary/aromatic N) is 2. The van der Waals surface area contributed by atoms with Gasteiger partial charge in [-0.05, 0) is 48.9 Å². The van der Waals surface area contributed by atoms with Gasteiger partial charge in [-0.3, -0.25) is 0 Å². The van der Waals surface area contributed by atoms with Crippen molar-refractivity contribution in [3.8, 4) is 12.1 Å². The first-order valence-corrected chi connectivity index (χ1v) is 4.76. The molecule has 1 aliphatic rings. The van der Waals surface area contributed by atoms with E-state index in [-0.39, 0.29) is 0 Å². The number of hydrogen-bond acceptors (Lipinski definition) is 2. The predicted molar refractivity (Wildman–Crippen MR) is 52.3 cm³/mol. The Morgan fingerprint density at radius 1 is 1.21 bits per heavy atom. The van der Waals surface area contributed by atoms with Gasteiger partial charge in [-0.1, -0.05) is 0 Å². The summed E-state index contributed by atoms with van der Waals surface area (Å²) < 4.78 is 0. The molecule has 0 spiro atoms. The third-order valence-corrected chi connectivity index (χ3v) is 2.56. The number of rotatable bonds is 2. The normalized spacial score (nSPS) is 14.4. The Morgan fingerprint density at radius 3 is 2.57 bits per heavy atom. The molecule has 0 aliphatic heterocycles. The highest BCUT2D eigenvalue weighted by Gasteiger charge is 2.22. The minimum atomic E-state index is 0.652. The van der Waals surface area contributed by atoms with Crippen molar-refractivity contribution in [3.05, 3.63) is 34.9 Å². The lowest BCUT2D eigenvalue weighted by Gasteiger charge is -2.02. The van der Waals surface area contributed by atoms with E-state index in [0.29, 0.717) is 5.56 Å². The van der Waals surface area contributed by atoms with Gasteiger partial charge in [0, 0.05) is 0 Å². The monoisotopic (exact) mass is 182 g/mol. The van der Waals surface area contributed by atoms with Crippen LogP contribution in [0.3, 0.4) is 0 Å². The zero-order valence-corrected chi connectivity index (χ0v) is 7.83. The zero-order chi connectivity index (χ0) is 9.97. The van der Waals surface area contributed by atoms with Crippen molar-refractivity contribution in [2.75, 3.05) is 0 Å². The van der Waals surface area contributed by atoms with E-state index in [9.17, 15) is 0 Å². The van der Waals surface area contributed by atoms with Crippen LogP contribution in [-0.2, 0) is 6.42 Å². The topological polar surface area (TPSA) is 47.6 Å². The maximum Gasteiger partial charge on any atom is 0.0994 e. The molecule has 68 valence electrons. The summed E-state index contributed by atoms with van der Waals surface area (Å²) in [6.07, 6.45) is 3.49. The number of hydrogen-bond donors (Lipinski definition) is 0. The summed E-state index contributed by atoms with van der Waals surface area (Å²) in [6, 6.07) is 9.57. The van der Waals surface area contributed by atoms with E-state index in [1.165, 1.54) is 12.8 Å². The molecule has 2 nitrogen and oxygen atoms in total. The van der Waals surface area contributed by atoms with Gasteiger partial charge in [-0.25, -0.2) is 0 Å². The highest BCUT2D eigenvalue weighted by Crippen LogP contribution is 2.33. The first-order valence-electron chi connectivity index (χ1n) is 4.76. The van der Waals surface area contributed by atoms with Crippen LogP contribution in [0.15, 0.2) is 18.2 Å². The highest BCUT2D eigenvalue weighted by atomic mass is 14.3. The highest BCUT2D eigenvalue weighted by molar-refractivity contribution is 5.44. The quantitative estimate of drug-likeness (QED) is 0.705. The Bertz CT molecular complexity index is 431. The summed E-state index contributed by atoms with van der Waals surface area (Å²) in [6.45, 7) is 0. The molecule has 1 aromatic rings. The lowest BCUT2D eigenvalue weighted by Crippen LogP contribution is -1.93. The third kappa shape index (κ3) is 1.75. The molecule has 2 rings (SSSR count). The molecule has 1 aromatic carbocycles. The summed E-state index contributed by atoms with van der Waals surface area (Å²) in [5, 5.41) is 17.6. The summed E-state index contributed by atoms with van der Waals surface area (Å²) in [4.78, 5) is 0. The first kappa shape index (κ1) is 8.78. The molecule has 0 aromatic heterocycles. The van der Waals surface area contributed by atoms with Crippen LogP contribution in [0.5, 0.6) is 0 Å². The molecule has 0 N–H and O–H groups in total. The second-order valence-corrected chi connectivity index (χ2v) is 3.74. The van der Waals surface area contributed by atoms with Gasteiger partial charge in [0.25, 0.3) is 0 Å². The fourth-order valence-electron chi connectivity index (χ4n) is 1.57. The van der Waals surface area contributed by atoms with Crippen LogP contribution in [0, 0.1) is 28.6 Å². The SMILES string of the molecule is N#Cc1ccc(C#N)c(CC2CC2)c1. The number of benzene rings is 1. The summed E-state index contributed by atoms with van der Waals surface area (Å²) >= 11 is 0. The van der Waals surface area contributed by atoms with E-state index in [2.05, 4.69) is 12.1 Å². The van der Waals surface area contributed by atoms with Gasteiger partial charge in [0.15, 0.2) is 0 Å². The Labute approximate surface area is 83.4 Å². The molecule has 14 heavy (non-hydrogen) atoms. The van der Waals surface area contributed by atoms with Crippen molar-refractivity contribution < 1.29 is 0 Å². The van der Waals surface area contributed by atoms with E-state index >= 15 is 0 Å². The predicted octanol–water partition coefficient (Wildman–Crippen LogP) is 2.38. The smallest absolute Gasteiger partial charge is 0.0994 e. The molecule has 0 heterocycles. The van der Waals surface area contributed by atoms with Crippen LogP contribution >= 0.6 is 0 Å². The van der Waals surface area contributed by atoms with Crippen LogP contribution in [0.25, 0.3) is 0 Å². The minimum Gasteiger partial charge on any atom is -0.192 e. The molecule has 1 aliphatic carbocycles. The Kier molecular flexibility index (Phi) is 2.21. The molecular weight excluding hydrogens is 172 g/mol. The van der Waals surface area contributed by atoms with E-state index in [4.69, 9.17) is 10.5 Å². The zero-order valence-electron chi connectivity index (χ0n) is 7.83. The van der Waals surface area contributed by atoms with Gasteiger partial charge in [-0.2, -0.15) is 10.5 Å². The molecule has 0 radical (unpaired) electrons. The Hall–Kier alpha value is -1.80. The molecule has 0 unspecified atom stereocenters. The van der Waals surface area contributed by atoms with Crippen molar-refractivity contribution >= 4 is 0 Å². The van der Waals surface area contributed by atoms with Gasteiger partial charge < -0.3 is 0 Å². The average Bonchev–Trinajstić information content (AvgIpc) is 3.01. The first-order chi connectivity index (χ1) is 6.83. The summed E-state index contributed by atoms with van der Waals surface area (Å²) in [7, 11) is 0. The Morgan fingerprint density at radius 2 is 2.00 bits per heavy atom. The second-order valence-electron chi connectivity index (χ2n) is 3.74. The Balaban J connectivity index is 2.33. The van der Waals surface area contributed by atoms with E-state index < -0.39 is 0 Å². The molecule has 1 fully saturated rings. The van der Waals surface area contributed by atoms with E-state index in [0.717, 1.165) is 23.5 Å². The largest absolute Gasteiger partial charge is 0.192 e. The molecule has 0 saturated heterocycles. The van der Waals surface area contributed by atoms with Gasteiger partial charge >= 0.3 is 0 Å². The molecule has 0 bridgehead atoms. The minimum absolute atomic E-state index is 0.652. The standard InChI is InChI=1S/C12H10N2/c13-7-10-3-4-11(8-14)12(6-10)5-9-1-2-9/h3-4,6,9H,1-2,5H2.